The third-order valence-corrected chi connectivity index (χ3v) is 6.30. The fourth-order valence-corrected chi connectivity index (χ4v) is 4.50. The van der Waals surface area contributed by atoms with Crippen LogP contribution in [0.3, 0.4) is 0 Å². The lowest BCUT2D eigenvalue weighted by Gasteiger charge is -2.36. The fraction of sp³-hybridized carbons (Fsp3) is 0.667. The number of nitrogens with zero attached hydrogens (tertiary/aromatic N) is 2. The van der Waals surface area contributed by atoms with Crippen LogP contribution in [0.1, 0.15) is 61.7 Å². The summed E-state index contributed by atoms with van der Waals surface area (Å²) in [6.45, 7) is 2.82. The third-order valence-electron chi connectivity index (χ3n) is 6.30. The first-order valence-corrected chi connectivity index (χ1v) is 11.6. The van der Waals surface area contributed by atoms with Gasteiger partial charge in [0.15, 0.2) is 0 Å². The predicted molar refractivity (Wildman–Crippen MR) is 118 cm³/mol. The van der Waals surface area contributed by atoms with Crippen LogP contribution in [-0.2, 0) is 9.53 Å². The Morgan fingerprint density at radius 3 is 2.48 bits per heavy atom. The van der Waals surface area contributed by atoms with Crippen LogP contribution >= 0.6 is 0 Å². The molecule has 2 aliphatic rings. The van der Waals surface area contributed by atoms with Gasteiger partial charge in [-0.3, -0.25) is 9.59 Å². The summed E-state index contributed by atoms with van der Waals surface area (Å²) in [5.41, 5.74) is 0.682. The van der Waals surface area contributed by atoms with Crippen LogP contribution in [0.15, 0.2) is 24.3 Å². The van der Waals surface area contributed by atoms with E-state index in [-0.39, 0.29) is 30.6 Å². The number of aliphatic hydroxyl groups is 1. The van der Waals surface area contributed by atoms with E-state index in [1.807, 2.05) is 34.1 Å². The molecule has 172 valence electrons. The van der Waals surface area contributed by atoms with Crippen LogP contribution in [-0.4, -0.2) is 78.8 Å². The van der Waals surface area contributed by atoms with Crippen molar-refractivity contribution in [1.29, 1.82) is 0 Å². The average molecular weight is 433 g/mol. The zero-order valence-corrected chi connectivity index (χ0v) is 18.6. The van der Waals surface area contributed by atoms with E-state index in [9.17, 15) is 9.59 Å². The van der Waals surface area contributed by atoms with Crippen LogP contribution in [0.4, 0.5) is 0 Å². The smallest absolute Gasteiger partial charge is 0.254 e. The molecule has 2 fully saturated rings. The summed E-state index contributed by atoms with van der Waals surface area (Å²) in [7, 11) is 1.61. The number of hydrogen-bond donors (Lipinski definition) is 1. The molecule has 1 atom stereocenters. The van der Waals surface area contributed by atoms with Gasteiger partial charge in [0.25, 0.3) is 5.91 Å². The van der Waals surface area contributed by atoms with Gasteiger partial charge in [-0.25, -0.2) is 0 Å². The van der Waals surface area contributed by atoms with Crippen molar-refractivity contribution in [3.63, 3.8) is 0 Å². The van der Waals surface area contributed by atoms with Gasteiger partial charge in [0.2, 0.25) is 5.91 Å². The molecular formula is C24H36N2O5. The van der Waals surface area contributed by atoms with E-state index in [1.54, 1.807) is 7.11 Å². The van der Waals surface area contributed by atoms with Gasteiger partial charge in [-0.05, 0) is 56.4 Å². The molecule has 1 aromatic rings. The highest BCUT2D eigenvalue weighted by Gasteiger charge is 2.27. The van der Waals surface area contributed by atoms with Gasteiger partial charge in [0.1, 0.15) is 11.9 Å². The van der Waals surface area contributed by atoms with E-state index in [2.05, 4.69) is 0 Å². The number of likely N-dealkylation sites (tertiary alicyclic amines) is 2. The van der Waals surface area contributed by atoms with E-state index >= 15 is 0 Å². The SMILES string of the molecule is COCCC(=O)N1CCC(Oc2ccc(C(=O)N3CCCC[C@H]3CCCO)cc2)CC1. The normalized spacial score (nSPS) is 20.0. The van der Waals surface area contributed by atoms with Crippen LogP contribution < -0.4 is 4.74 Å². The maximum atomic E-state index is 13.0. The van der Waals surface area contributed by atoms with Crippen LogP contribution in [0, 0.1) is 0 Å². The number of carbonyl (C=O) groups is 2. The molecule has 0 aliphatic carbocycles. The van der Waals surface area contributed by atoms with Gasteiger partial charge in [-0.1, -0.05) is 0 Å². The van der Waals surface area contributed by atoms with Crippen LogP contribution in [0.5, 0.6) is 5.75 Å². The molecule has 2 heterocycles. The third kappa shape index (κ3) is 6.68. The first kappa shape index (κ1) is 23.5. The Hall–Kier alpha value is -2.12. The largest absolute Gasteiger partial charge is 0.490 e. The number of benzene rings is 1. The number of ether oxygens (including phenoxy) is 2. The Morgan fingerprint density at radius 2 is 1.81 bits per heavy atom. The number of aliphatic hydroxyl groups excluding tert-OH is 1. The van der Waals surface area contributed by atoms with Crippen molar-refractivity contribution < 1.29 is 24.2 Å². The lowest BCUT2D eigenvalue weighted by Crippen LogP contribution is -2.43. The summed E-state index contributed by atoms with van der Waals surface area (Å²) in [6, 6.07) is 7.66. The molecule has 1 N–H and O–H groups in total. The van der Waals surface area contributed by atoms with Crippen molar-refractivity contribution in [2.24, 2.45) is 0 Å². The zero-order valence-electron chi connectivity index (χ0n) is 18.6. The monoisotopic (exact) mass is 432 g/mol. The summed E-state index contributed by atoms with van der Waals surface area (Å²) in [6.07, 6.45) is 6.90. The molecule has 3 rings (SSSR count). The van der Waals surface area contributed by atoms with Gasteiger partial charge in [0.05, 0.1) is 13.0 Å². The molecule has 0 aromatic heterocycles. The standard InChI is InChI=1S/C24H36N2O5/c1-30-18-13-23(28)25-15-11-22(12-16-25)31-21-9-7-19(8-10-21)24(29)26-14-3-2-5-20(26)6-4-17-27/h7-10,20,22,27H,2-6,11-18H2,1H3/t20-/m0/s1. The van der Waals surface area contributed by atoms with Crippen molar-refractivity contribution in [1.82, 2.24) is 9.80 Å². The second-order valence-electron chi connectivity index (χ2n) is 8.48. The van der Waals surface area contributed by atoms with Crippen molar-refractivity contribution >= 4 is 11.8 Å². The first-order valence-electron chi connectivity index (χ1n) is 11.6. The molecule has 0 spiro atoms. The van der Waals surface area contributed by atoms with Crippen molar-refractivity contribution in [3.8, 4) is 5.75 Å². The molecule has 2 aliphatic heterocycles. The lowest BCUT2D eigenvalue weighted by molar-refractivity contribution is -0.133. The topological polar surface area (TPSA) is 79.3 Å². The second-order valence-corrected chi connectivity index (χ2v) is 8.48. The van der Waals surface area contributed by atoms with Crippen LogP contribution in [0.2, 0.25) is 0 Å². The number of amides is 2. The lowest BCUT2D eigenvalue weighted by atomic mass is 9.97. The van der Waals surface area contributed by atoms with E-state index < -0.39 is 0 Å². The summed E-state index contributed by atoms with van der Waals surface area (Å²) in [5.74, 6) is 0.964. The molecule has 0 radical (unpaired) electrons. The minimum atomic E-state index is 0.0667. The van der Waals surface area contributed by atoms with Gasteiger partial charge < -0.3 is 24.4 Å². The highest BCUT2D eigenvalue weighted by molar-refractivity contribution is 5.94. The minimum absolute atomic E-state index is 0.0667. The fourth-order valence-electron chi connectivity index (χ4n) is 4.50. The summed E-state index contributed by atoms with van der Waals surface area (Å²) < 4.78 is 11.1. The average Bonchev–Trinajstić information content (AvgIpc) is 2.82. The summed E-state index contributed by atoms with van der Waals surface area (Å²) in [5, 5.41) is 9.14. The summed E-state index contributed by atoms with van der Waals surface area (Å²) >= 11 is 0. The Morgan fingerprint density at radius 1 is 1.06 bits per heavy atom. The molecule has 0 saturated carbocycles. The molecular weight excluding hydrogens is 396 g/mol. The Bertz CT molecular complexity index is 700. The van der Waals surface area contributed by atoms with Crippen LogP contribution in [0.25, 0.3) is 0 Å². The van der Waals surface area contributed by atoms with Crippen molar-refractivity contribution in [2.45, 2.75) is 63.5 Å². The van der Waals surface area contributed by atoms with Gasteiger partial charge >= 0.3 is 0 Å². The number of methoxy groups -OCH3 is 1. The van der Waals surface area contributed by atoms with Crippen molar-refractivity contribution in [2.75, 3.05) is 40.0 Å². The van der Waals surface area contributed by atoms with E-state index in [0.29, 0.717) is 31.7 Å². The molecule has 0 bridgehead atoms. The first-order chi connectivity index (χ1) is 15.1. The maximum Gasteiger partial charge on any atom is 0.254 e. The molecule has 2 amide bonds. The highest BCUT2D eigenvalue weighted by Crippen LogP contribution is 2.25. The second kappa shape index (κ2) is 12.1. The number of rotatable bonds is 9. The zero-order chi connectivity index (χ0) is 22.1. The van der Waals surface area contributed by atoms with Gasteiger partial charge in [-0.2, -0.15) is 0 Å². The molecule has 7 heteroatoms. The number of hydrogen-bond acceptors (Lipinski definition) is 5. The van der Waals surface area contributed by atoms with Gasteiger partial charge in [-0.15, -0.1) is 0 Å². The molecule has 2 saturated heterocycles. The Labute approximate surface area is 185 Å². The molecule has 7 nitrogen and oxygen atoms in total. The Kier molecular flexibility index (Phi) is 9.15. The van der Waals surface area contributed by atoms with E-state index in [4.69, 9.17) is 14.6 Å². The highest BCUT2D eigenvalue weighted by atomic mass is 16.5. The Balaban J connectivity index is 1.50. The predicted octanol–water partition coefficient (Wildman–Crippen LogP) is 2.86. The van der Waals surface area contributed by atoms with E-state index in [1.165, 1.54) is 0 Å². The number of carbonyl (C=O) groups excluding carboxylic acids is 2. The number of piperidine rings is 2. The maximum absolute atomic E-state index is 13.0. The summed E-state index contributed by atoms with van der Waals surface area (Å²) in [4.78, 5) is 29.0. The van der Waals surface area contributed by atoms with Gasteiger partial charge in [0, 0.05) is 57.8 Å². The molecule has 1 aromatic carbocycles. The molecule has 0 unspecified atom stereocenters. The molecule has 31 heavy (non-hydrogen) atoms. The van der Waals surface area contributed by atoms with E-state index in [0.717, 1.165) is 57.2 Å². The quantitative estimate of drug-likeness (QED) is 0.649. The minimum Gasteiger partial charge on any atom is -0.490 e. The van der Waals surface area contributed by atoms with Crippen molar-refractivity contribution in [3.05, 3.63) is 29.8 Å².